The van der Waals surface area contributed by atoms with E-state index in [9.17, 15) is 0 Å². The molecule has 0 radical (unpaired) electrons. The van der Waals surface area contributed by atoms with Crippen molar-refractivity contribution in [3.63, 3.8) is 0 Å². The molecule has 0 aliphatic heterocycles. The summed E-state index contributed by atoms with van der Waals surface area (Å²) in [6.45, 7) is 36.2. The zero-order valence-corrected chi connectivity index (χ0v) is 32.5. The van der Waals surface area contributed by atoms with Gasteiger partial charge in [0.05, 0.1) is 44.0 Å². The van der Waals surface area contributed by atoms with E-state index >= 15 is 0 Å². The molecule has 0 amide bonds. The van der Waals surface area contributed by atoms with E-state index in [4.69, 9.17) is 13.3 Å². The first-order valence-corrected chi connectivity index (χ1v) is 35.5. The van der Waals surface area contributed by atoms with Gasteiger partial charge in [0.15, 0.2) is 0 Å². The Morgan fingerprint density at radius 1 is 0.576 bits per heavy atom. The van der Waals surface area contributed by atoms with Gasteiger partial charge in [0.1, 0.15) is 11.5 Å². The molecule has 0 bridgehead atoms. The summed E-state index contributed by atoms with van der Waals surface area (Å²) < 4.78 is 21.0. The molecule has 0 aliphatic carbocycles. The summed E-state index contributed by atoms with van der Waals surface area (Å²) in [6, 6.07) is 8.55. The van der Waals surface area contributed by atoms with Gasteiger partial charge in [0.2, 0.25) is 23.5 Å². The highest BCUT2D eigenvalue weighted by Gasteiger charge is 2.45. The molecule has 33 heavy (non-hydrogen) atoms. The molecule has 0 saturated carbocycles. The van der Waals surface area contributed by atoms with Crippen LogP contribution in [0.3, 0.4) is 0 Å². The Morgan fingerprint density at radius 3 is 1.39 bits per heavy atom. The molecule has 0 aromatic heterocycles. The van der Waals surface area contributed by atoms with E-state index < -0.39 is 46.3 Å². The molecule has 0 spiro atoms. The zero-order chi connectivity index (χ0) is 26.3. The zero-order valence-electron chi connectivity index (χ0n) is 24.5. The standard InChI is InChI=1S/C23H52O3Si7/c1-28(2,3)31(10,11)24-21-19-17-16-18-20(21)22(25-32(12,13)29(4,5)6)23(27)26-33(14,15)30(7,8)9/h16-19H,1-15,27H3. The van der Waals surface area contributed by atoms with Crippen LogP contribution in [-0.4, -0.2) is 56.5 Å². The third-order valence-corrected chi connectivity index (χ3v) is 55.6. The molecule has 1 aromatic carbocycles. The van der Waals surface area contributed by atoms with Crippen molar-refractivity contribution in [2.24, 2.45) is 0 Å². The molecular weight excluding hydrogens is 521 g/mol. The summed E-state index contributed by atoms with van der Waals surface area (Å²) in [5.41, 5.74) is 1.10. The van der Waals surface area contributed by atoms with Crippen molar-refractivity contribution in [3.05, 3.63) is 35.2 Å². The normalized spacial score (nSPS) is 15.2. The van der Waals surface area contributed by atoms with Gasteiger partial charge in [-0.05, 0) is 51.4 Å². The predicted octanol–water partition coefficient (Wildman–Crippen LogP) is 6.96. The van der Waals surface area contributed by atoms with Gasteiger partial charge in [0.25, 0.3) is 0 Å². The van der Waals surface area contributed by atoms with Gasteiger partial charge in [-0.25, -0.2) is 0 Å². The molecule has 0 saturated heterocycles. The Hall–Kier alpha value is -0.122. The van der Waals surface area contributed by atoms with Gasteiger partial charge >= 0.3 is 0 Å². The monoisotopic (exact) mass is 572 g/mol. The van der Waals surface area contributed by atoms with E-state index in [1.807, 2.05) is 0 Å². The number of benzene rings is 1. The van der Waals surface area contributed by atoms with Crippen LogP contribution in [0.25, 0.3) is 5.76 Å². The average molecular weight is 573 g/mol. The maximum atomic E-state index is 7.12. The van der Waals surface area contributed by atoms with E-state index in [-0.39, 0.29) is 0 Å². The van der Waals surface area contributed by atoms with Crippen molar-refractivity contribution >= 4 is 62.3 Å². The predicted molar refractivity (Wildman–Crippen MR) is 169 cm³/mol. The van der Waals surface area contributed by atoms with Gasteiger partial charge in [-0.15, -0.1) is 0 Å². The smallest absolute Gasteiger partial charge is 0.228 e. The van der Waals surface area contributed by atoms with E-state index in [1.165, 1.54) is 0 Å². The van der Waals surface area contributed by atoms with Crippen molar-refractivity contribution in [1.29, 1.82) is 0 Å². The van der Waals surface area contributed by atoms with Crippen LogP contribution >= 0.6 is 0 Å². The minimum atomic E-state index is -1.94. The second-order valence-corrected chi connectivity index (χ2v) is 62.4. The van der Waals surface area contributed by atoms with Gasteiger partial charge in [-0.3, -0.25) is 0 Å². The highest BCUT2D eigenvalue weighted by molar-refractivity contribution is 7.39. The molecule has 1 aromatic rings. The molecule has 190 valence electrons. The quantitative estimate of drug-likeness (QED) is 0.224. The fourth-order valence-corrected chi connectivity index (χ4v) is 12.3. The minimum absolute atomic E-state index is 0.824. The van der Waals surface area contributed by atoms with Crippen LogP contribution < -0.4 is 4.43 Å². The van der Waals surface area contributed by atoms with E-state index in [1.54, 1.807) is 0 Å². The summed E-state index contributed by atoms with van der Waals surface area (Å²) in [5.74, 6) is 1.96. The number of hydrogen-bond acceptors (Lipinski definition) is 3. The fraction of sp³-hybridized carbons (Fsp3) is 0.652. The van der Waals surface area contributed by atoms with Crippen LogP contribution in [0.5, 0.6) is 5.75 Å². The minimum Gasteiger partial charge on any atom is -0.551 e. The van der Waals surface area contributed by atoms with Crippen LogP contribution in [0.2, 0.25) is 98.2 Å². The molecule has 0 heterocycles. The number of para-hydroxylation sites is 1. The molecule has 10 heteroatoms. The first-order chi connectivity index (χ1) is 14.4. The van der Waals surface area contributed by atoms with Crippen LogP contribution in [0.15, 0.2) is 29.6 Å². The maximum absolute atomic E-state index is 7.12. The summed E-state index contributed by atoms with van der Waals surface area (Å²) >= 11 is 0. The lowest BCUT2D eigenvalue weighted by molar-refractivity contribution is 0.431. The lowest BCUT2D eigenvalue weighted by Crippen LogP contribution is -2.57. The SMILES string of the molecule is C[Si](C)(C)[Si](C)(C)OC([SiH3])=C(O[Si](C)(C)[Si](C)(C)C)c1ccccc1O[Si](C)(C)[Si](C)(C)C. The summed E-state index contributed by atoms with van der Waals surface area (Å²) in [6.07, 6.45) is 0. The van der Waals surface area contributed by atoms with Gasteiger partial charge in [0, 0.05) is 0 Å². The number of hydrogen-bond donors (Lipinski definition) is 0. The largest absolute Gasteiger partial charge is 0.551 e. The Balaban J connectivity index is 3.73. The summed E-state index contributed by atoms with van der Waals surface area (Å²) in [5, 5.41) is 1.08. The third-order valence-electron chi connectivity index (χ3n) is 8.00. The molecule has 0 atom stereocenters. The Bertz CT molecular complexity index is 858. The Morgan fingerprint density at radius 2 is 0.970 bits per heavy atom. The highest BCUT2D eigenvalue weighted by Crippen LogP contribution is 2.37. The van der Waals surface area contributed by atoms with E-state index in [2.05, 4.69) is 122 Å². The molecule has 1 rings (SSSR count). The third kappa shape index (κ3) is 7.68. The molecular formula is C23H52O3Si7. The summed E-state index contributed by atoms with van der Waals surface area (Å²) in [7, 11) is -9.14. The van der Waals surface area contributed by atoms with Gasteiger partial charge in [-0.2, -0.15) is 0 Å². The summed E-state index contributed by atoms with van der Waals surface area (Å²) in [4.78, 5) is 0. The van der Waals surface area contributed by atoms with Crippen molar-refractivity contribution < 1.29 is 13.3 Å². The maximum Gasteiger partial charge on any atom is 0.228 e. The van der Waals surface area contributed by atoms with E-state index in [0.717, 1.165) is 32.7 Å². The second-order valence-electron chi connectivity index (χ2n) is 14.0. The van der Waals surface area contributed by atoms with E-state index in [0.29, 0.717) is 0 Å². The van der Waals surface area contributed by atoms with Crippen LogP contribution in [0, 0.1) is 0 Å². The molecule has 0 aliphatic rings. The Labute approximate surface area is 213 Å². The Kier molecular flexibility index (Phi) is 9.45. The lowest BCUT2D eigenvalue weighted by Gasteiger charge is -2.40. The van der Waals surface area contributed by atoms with Crippen LogP contribution in [-0.2, 0) is 8.85 Å². The first kappa shape index (κ1) is 30.9. The van der Waals surface area contributed by atoms with Gasteiger partial charge < -0.3 is 13.3 Å². The molecule has 0 unspecified atom stereocenters. The van der Waals surface area contributed by atoms with Crippen molar-refractivity contribution in [2.75, 3.05) is 0 Å². The topological polar surface area (TPSA) is 27.7 Å². The van der Waals surface area contributed by atoms with Crippen molar-refractivity contribution in [2.45, 2.75) is 98.2 Å². The molecule has 0 N–H and O–H groups in total. The average Bonchev–Trinajstić information content (AvgIpc) is 2.56. The highest BCUT2D eigenvalue weighted by atomic mass is 29.3. The van der Waals surface area contributed by atoms with Crippen molar-refractivity contribution in [3.8, 4) is 5.75 Å². The fourth-order valence-electron chi connectivity index (χ4n) is 2.48. The van der Waals surface area contributed by atoms with Gasteiger partial charge in [-0.1, -0.05) is 71.1 Å². The lowest BCUT2D eigenvalue weighted by atomic mass is 10.2. The van der Waals surface area contributed by atoms with Crippen LogP contribution in [0.1, 0.15) is 5.56 Å². The molecule has 3 nitrogen and oxygen atoms in total. The van der Waals surface area contributed by atoms with Crippen molar-refractivity contribution in [1.82, 2.24) is 0 Å². The molecule has 0 fully saturated rings. The van der Waals surface area contributed by atoms with Crippen LogP contribution in [0.4, 0.5) is 0 Å². The first-order valence-electron chi connectivity index (χ1n) is 12.3. The number of rotatable bonds is 10. The second kappa shape index (κ2) is 10.1.